The first-order valence-electron chi connectivity index (χ1n) is 6.82. The molecule has 0 N–H and O–H groups in total. The van der Waals surface area contributed by atoms with E-state index in [9.17, 15) is 0 Å². The minimum atomic E-state index is 0.639. The number of benzene rings is 1. The van der Waals surface area contributed by atoms with Gasteiger partial charge in [-0.3, -0.25) is 0 Å². The molecule has 0 radical (unpaired) electrons. The average molecular weight is 280 g/mol. The summed E-state index contributed by atoms with van der Waals surface area (Å²) in [6.45, 7) is 5.40. The first kappa shape index (κ1) is 13.2. The van der Waals surface area contributed by atoms with Gasteiger partial charge in [-0.2, -0.15) is 0 Å². The molecule has 0 aliphatic rings. The standard InChI is InChI=1S/C15H16N6/c1-2-11-20(12-10-13-6-4-3-5-7-13)15-9-8-14-16-18-19-21(14)17-15/h2-9H,1,10-12H2. The molecule has 2 aromatic heterocycles. The molecular weight excluding hydrogens is 264 g/mol. The summed E-state index contributed by atoms with van der Waals surface area (Å²) < 4.78 is 1.44. The molecule has 106 valence electrons. The summed E-state index contributed by atoms with van der Waals surface area (Å²) in [6.07, 6.45) is 2.82. The highest BCUT2D eigenvalue weighted by Crippen LogP contribution is 2.12. The number of nitrogens with zero attached hydrogens (tertiary/aromatic N) is 6. The molecule has 0 spiro atoms. The van der Waals surface area contributed by atoms with Crippen molar-refractivity contribution in [2.45, 2.75) is 6.42 Å². The molecule has 0 aliphatic carbocycles. The number of aromatic nitrogens is 5. The van der Waals surface area contributed by atoms with E-state index in [1.54, 1.807) is 0 Å². The Hall–Kier alpha value is -2.76. The second kappa shape index (κ2) is 6.13. The van der Waals surface area contributed by atoms with Gasteiger partial charge in [0.05, 0.1) is 0 Å². The molecule has 0 saturated carbocycles. The lowest BCUT2D eigenvalue weighted by Gasteiger charge is -2.21. The van der Waals surface area contributed by atoms with Crippen LogP contribution in [-0.2, 0) is 6.42 Å². The SMILES string of the molecule is C=CCN(CCc1ccccc1)c1ccc2nnnn2n1. The first-order valence-corrected chi connectivity index (χ1v) is 6.82. The van der Waals surface area contributed by atoms with Gasteiger partial charge >= 0.3 is 0 Å². The lowest BCUT2D eigenvalue weighted by molar-refractivity contribution is 0.712. The fraction of sp³-hybridized carbons (Fsp3) is 0.200. The summed E-state index contributed by atoms with van der Waals surface area (Å²) in [7, 11) is 0. The maximum atomic E-state index is 4.43. The molecule has 0 atom stereocenters. The largest absolute Gasteiger partial charge is 0.351 e. The molecule has 1 aromatic carbocycles. The second-order valence-electron chi connectivity index (χ2n) is 4.69. The highest BCUT2D eigenvalue weighted by molar-refractivity contribution is 5.44. The molecule has 0 saturated heterocycles. The third-order valence-corrected chi connectivity index (χ3v) is 3.24. The van der Waals surface area contributed by atoms with Crippen LogP contribution in [0.25, 0.3) is 5.65 Å². The van der Waals surface area contributed by atoms with E-state index < -0.39 is 0 Å². The van der Waals surface area contributed by atoms with E-state index in [4.69, 9.17) is 0 Å². The number of hydrogen-bond donors (Lipinski definition) is 0. The molecule has 3 aromatic rings. The van der Waals surface area contributed by atoms with Gasteiger partial charge < -0.3 is 4.90 Å². The number of hydrogen-bond acceptors (Lipinski definition) is 5. The lowest BCUT2D eigenvalue weighted by atomic mass is 10.1. The van der Waals surface area contributed by atoms with Crippen molar-refractivity contribution in [2.75, 3.05) is 18.0 Å². The van der Waals surface area contributed by atoms with Gasteiger partial charge in [0.25, 0.3) is 0 Å². The van der Waals surface area contributed by atoms with Gasteiger partial charge in [0.1, 0.15) is 0 Å². The van der Waals surface area contributed by atoms with E-state index in [-0.39, 0.29) is 0 Å². The summed E-state index contributed by atoms with van der Waals surface area (Å²) in [5.41, 5.74) is 1.94. The maximum absolute atomic E-state index is 4.43. The van der Waals surface area contributed by atoms with Gasteiger partial charge in [0.15, 0.2) is 11.5 Å². The zero-order valence-corrected chi connectivity index (χ0v) is 11.6. The topological polar surface area (TPSA) is 59.2 Å². The van der Waals surface area contributed by atoms with Gasteiger partial charge in [-0.25, -0.2) is 0 Å². The van der Waals surface area contributed by atoms with Crippen LogP contribution in [0.4, 0.5) is 5.82 Å². The summed E-state index contributed by atoms with van der Waals surface area (Å²) in [5.74, 6) is 0.839. The molecule has 0 fully saturated rings. The fourth-order valence-corrected chi connectivity index (χ4v) is 2.17. The minimum absolute atomic E-state index is 0.639. The number of tetrazole rings is 1. The number of anilines is 1. The van der Waals surface area contributed by atoms with Crippen molar-refractivity contribution in [1.82, 2.24) is 25.3 Å². The molecule has 0 aliphatic heterocycles. The van der Waals surface area contributed by atoms with E-state index in [1.807, 2.05) is 24.3 Å². The van der Waals surface area contributed by atoms with Gasteiger partial charge in [0, 0.05) is 13.1 Å². The van der Waals surface area contributed by atoms with Gasteiger partial charge in [-0.05, 0) is 34.5 Å². The van der Waals surface area contributed by atoms with Crippen molar-refractivity contribution in [3.8, 4) is 0 Å². The lowest BCUT2D eigenvalue weighted by Crippen LogP contribution is -2.27. The highest BCUT2D eigenvalue weighted by atomic mass is 15.6. The predicted octanol–water partition coefficient (Wildman–Crippen LogP) is 1.75. The van der Waals surface area contributed by atoms with Crippen LogP contribution in [0.15, 0.2) is 55.1 Å². The zero-order chi connectivity index (χ0) is 14.5. The monoisotopic (exact) mass is 280 g/mol. The fourth-order valence-electron chi connectivity index (χ4n) is 2.17. The molecule has 6 nitrogen and oxygen atoms in total. The van der Waals surface area contributed by atoms with Crippen LogP contribution in [0.2, 0.25) is 0 Å². The van der Waals surface area contributed by atoms with Crippen molar-refractivity contribution >= 4 is 11.5 Å². The van der Waals surface area contributed by atoms with E-state index in [1.165, 1.54) is 10.2 Å². The van der Waals surface area contributed by atoms with Crippen LogP contribution in [0.1, 0.15) is 5.56 Å². The van der Waals surface area contributed by atoms with E-state index in [0.29, 0.717) is 5.65 Å². The van der Waals surface area contributed by atoms with Crippen molar-refractivity contribution < 1.29 is 0 Å². The van der Waals surface area contributed by atoms with Gasteiger partial charge in [0.2, 0.25) is 0 Å². The number of fused-ring (bicyclic) bond motifs is 1. The average Bonchev–Trinajstić information content (AvgIpc) is 3.00. The Labute approximate surface area is 122 Å². The molecule has 3 rings (SSSR count). The molecule has 2 heterocycles. The van der Waals surface area contributed by atoms with Crippen LogP contribution in [0, 0.1) is 0 Å². The molecule has 0 amide bonds. The maximum Gasteiger partial charge on any atom is 0.200 e. The molecule has 0 unspecified atom stereocenters. The smallest absolute Gasteiger partial charge is 0.200 e. The summed E-state index contributed by atoms with van der Waals surface area (Å²) in [5, 5.41) is 15.7. The third kappa shape index (κ3) is 3.05. The van der Waals surface area contributed by atoms with Crippen LogP contribution in [0.5, 0.6) is 0 Å². The summed E-state index contributed by atoms with van der Waals surface area (Å²) in [4.78, 5) is 2.15. The summed E-state index contributed by atoms with van der Waals surface area (Å²) in [6, 6.07) is 14.2. The summed E-state index contributed by atoms with van der Waals surface area (Å²) >= 11 is 0. The Morgan fingerprint density at radius 3 is 2.81 bits per heavy atom. The van der Waals surface area contributed by atoms with Gasteiger partial charge in [-0.15, -0.1) is 21.4 Å². The Morgan fingerprint density at radius 2 is 2.00 bits per heavy atom. The van der Waals surface area contributed by atoms with Crippen molar-refractivity contribution in [2.24, 2.45) is 0 Å². The molecule has 21 heavy (non-hydrogen) atoms. The van der Waals surface area contributed by atoms with Crippen molar-refractivity contribution in [3.63, 3.8) is 0 Å². The molecular formula is C15H16N6. The Morgan fingerprint density at radius 1 is 1.14 bits per heavy atom. The Kier molecular flexibility index (Phi) is 3.86. The highest BCUT2D eigenvalue weighted by Gasteiger charge is 2.09. The van der Waals surface area contributed by atoms with Crippen LogP contribution in [0.3, 0.4) is 0 Å². The Balaban J connectivity index is 1.78. The van der Waals surface area contributed by atoms with E-state index >= 15 is 0 Å². The zero-order valence-electron chi connectivity index (χ0n) is 11.6. The molecule has 6 heteroatoms. The third-order valence-electron chi connectivity index (χ3n) is 3.24. The van der Waals surface area contributed by atoms with Crippen molar-refractivity contribution in [1.29, 1.82) is 0 Å². The predicted molar refractivity (Wildman–Crippen MR) is 81.1 cm³/mol. The quantitative estimate of drug-likeness (QED) is 0.644. The van der Waals surface area contributed by atoms with E-state index in [0.717, 1.165) is 25.3 Å². The van der Waals surface area contributed by atoms with Crippen LogP contribution < -0.4 is 4.90 Å². The normalized spacial score (nSPS) is 10.7. The molecule has 0 bridgehead atoms. The van der Waals surface area contributed by atoms with Crippen LogP contribution >= 0.6 is 0 Å². The Bertz CT molecular complexity index is 721. The second-order valence-corrected chi connectivity index (χ2v) is 4.69. The first-order chi connectivity index (χ1) is 10.4. The van der Waals surface area contributed by atoms with Gasteiger partial charge in [-0.1, -0.05) is 36.4 Å². The minimum Gasteiger partial charge on any atom is -0.351 e. The van der Waals surface area contributed by atoms with Crippen molar-refractivity contribution in [3.05, 3.63) is 60.7 Å². The van der Waals surface area contributed by atoms with E-state index in [2.05, 4.69) is 56.4 Å². The van der Waals surface area contributed by atoms with Crippen LogP contribution in [-0.4, -0.2) is 38.3 Å². The number of rotatable bonds is 6.